The standard InChI is InChI=1S/C23H30N6OS/c1-2-24-23(25-15-19-16-27-29(18-19)20-7-4-3-5-8-20)26-17-21(22-9-6-14-31-22)28-10-12-30-13-11-28/h3-9,14,16,18,21H,2,10-13,15,17H2,1H3,(H2,24,25,26). The predicted molar refractivity (Wildman–Crippen MR) is 126 cm³/mol. The summed E-state index contributed by atoms with van der Waals surface area (Å²) in [4.78, 5) is 8.66. The van der Waals surface area contributed by atoms with Crippen LogP contribution < -0.4 is 10.6 Å². The number of hydrogen-bond acceptors (Lipinski definition) is 5. The number of hydrogen-bond donors (Lipinski definition) is 2. The zero-order chi connectivity index (χ0) is 21.3. The molecule has 4 rings (SSSR count). The first-order valence-corrected chi connectivity index (χ1v) is 11.7. The van der Waals surface area contributed by atoms with Crippen LogP contribution in [-0.4, -0.2) is 60.0 Å². The highest BCUT2D eigenvalue weighted by atomic mass is 32.1. The number of aliphatic imine (C=N–C) groups is 1. The van der Waals surface area contributed by atoms with E-state index in [1.165, 1.54) is 4.88 Å². The van der Waals surface area contributed by atoms with Crippen LogP contribution >= 0.6 is 11.3 Å². The second-order valence-electron chi connectivity index (χ2n) is 7.38. The maximum absolute atomic E-state index is 5.55. The molecule has 1 fully saturated rings. The lowest BCUT2D eigenvalue weighted by Crippen LogP contribution is -2.46. The lowest BCUT2D eigenvalue weighted by Gasteiger charge is -2.34. The van der Waals surface area contributed by atoms with E-state index in [1.54, 1.807) is 11.3 Å². The number of guanidine groups is 1. The Balaban J connectivity index is 1.40. The average Bonchev–Trinajstić information content (AvgIpc) is 3.52. The summed E-state index contributed by atoms with van der Waals surface area (Å²) in [6.07, 6.45) is 3.91. The molecule has 0 saturated carbocycles. The van der Waals surface area contributed by atoms with Gasteiger partial charge in [0.15, 0.2) is 5.96 Å². The fourth-order valence-electron chi connectivity index (χ4n) is 3.65. The molecular weight excluding hydrogens is 408 g/mol. The molecule has 1 unspecified atom stereocenters. The molecule has 1 aromatic carbocycles. The van der Waals surface area contributed by atoms with Crippen molar-refractivity contribution in [2.24, 2.45) is 4.99 Å². The lowest BCUT2D eigenvalue weighted by molar-refractivity contribution is 0.0177. The molecule has 1 aliphatic rings. The summed E-state index contributed by atoms with van der Waals surface area (Å²) < 4.78 is 7.44. The van der Waals surface area contributed by atoms with E-state index < -0.39 is 0 Å². The van der Waals surface area contributed by atoms with E-state index in [1.807, 2.05) is 47.4 Å². The molecule has 0 bridgehead atoms. The van der Waals surface area contributed by atoms with Gasteiger partial charge < -0.3 is 15.4 Å². The van der Waals surface area contributed by atoms with Gasteiger partial charge in [-0.05, 0) is 30.5 Å². The van der Waals surface area contributed by atoms with Gasteiger partial charge in [-0.15, -0.1) is 11.3 Å². The molecule has 3 heterocycles. The van der Waals surface area contributed by atoms with Crippen LogP contribution in [0.2, 0.25) is 0 Å². The summed E-state index contributed by atoms with van der Waals surface area (Å²) in [7, 11) is 0. The van der Waals surface area contributed by atoms with E-state index in [9.17, 15) is 0 Å². The maximum atomic E-state index is 5.55. The van der Waals surface area contributed by atoms with Crippen LogP contribution in [0, 0.1) is 0 Å². The molecule has 2 aromatic heterocycles. The molecular formula is C23H30N6OS. The molecule has 31 heavy (non-hydrogen) atoms. The summed E-state index contributed by atoms with van der Waals surface area (Å²) >= 11 is 1.81. The molecule has 0 spiro atoms. The maximum Gasteiger partial charge on any atom is 0.191 e. The molecule has 7 nitrogen and oxygen atoms in total. The third-order valence-corrected chi connectivity index (χ3v) is 6.22. The minimum Gasteiger partial charge on any atom is -0.379 e. The van der Waals surface area contributed by atoms with Crippen LogP contribution in [0.5, 0.6) is 0 Å². The smallest absolute Gasteiger partial charge is 0.191 e. The van der Waals surface area contributed by atoms with Gasteiger partial charge in [-0.2, -0.15) is 5.10 Å². The van der Waals surface area contributed by atoms with Crippen molar-refractivity contribution in [3.8, 4) is 5.69 Å². The van der Waals surface area contributed by atoms with Gasteiger partial charge in [0.1, 0.15) is 0 Å². The van der Waals surface area contributed by atoms with Gasteiger partial charge in [0.2, 0.25) is 0 Å². The van der Waals surface area contributed by atoms with Crippen molar-refractivity contribution in [1.82, 2.24) is 25.3 Å². The lowest BCUT2D eigenvalue weighted by atomic mass is 10.2. The van der Waals surface area contributed by atoms with Crippen molar-refractivity contribution in [1.29, 1.82) is 0 Å². The van der Waals surface area contributed by atoms with Gasteiger partial charge in [-0.1, -0.05) is 24.3 Å². The summed E-state index contributed by atoms with van der Waals surface area (Å²) in [6, 6.07) is 14.8. The zero-order valence-electron chi connectivity index (χ0n) is 17.9. The number of para-hydroxylation sites is 1. The first-order valence-electron chi connectivity index (χ1n) is 10.8. The topological polar surface area (TPSA) is 66.7 Å². The Bertz CT molecular complexity index is 934. The van der Waals surface area contributed by atoms with Crippen molar-refractivity contribution in [2.45, 2.75) is 19.5 Å². The van der Waals surface area contributed by atoms with Crippen LogP contribution in [0.25, 0.3) is 5.69 Å². The summed E-state index contributed by atoms with van der Waals surface area (Å²) in [5, 5.41) is 13.5. The minimum absolute atomic E-state index is 0.314. The fourth-order valence-corrected chi connectivity index (χ4v) is 4.51. The zero-order valence-corrected chi connectivity index (χ0v) is 18.7. The summed E-state index contributed by atoms with van der Waals surface area (Å²) in [6.45, 7) is 7.77. The molecule has 0 radical (unpaired) electrons. The van der Waals surface area contributed by atoms with Gasteiger partial charge in [-0.3, -0.25) is 4.90 Å². The highest BCUT2D eigenvalue weighted by molar-refractivity contribution is 7.10. The van der Waals surface area contributed by atoms with Crippen molar-refractivity contribution in [2.75, 3.05) is 39.4 Å². The van der Waals surface area contributed by atoms with E-state index in [-0.39, 0.29) is 0 Å². The van der Waals surface area contributed by atoms with Crippen LogP contribution in [0.4, 0.5) is 0 Å². The number of benzene rings is 1. The highest BCUT2D eigenvalue weighted by Gasteiger charge is 2.23. The highest BCUT2D eigenvalue weighted by Crippen LogP contribution is 2.25. The second kappa shape index (κ2) is 11.1. The molecule has 0 aliphatic carbocycles. The Kier molecular flexibility index (Phi) is 7.71. The third-order valence-electron chi connectivity index (χ3n) is 5.24. The van der Waals surface area contributed by atoms with Gasteiger partial charge >= 0.3 is 0 Å². The van der Waals surface area contributed by atoms with Crippen LogP contribution in [-0.2, 0) is 11.3 Å². The number of rotatable bonds is 8. The predicted octanol–water partition coefficient (Wildman–Crippen LogP) is 3.06. The Morgan fingerprint density at radius 3 is 2.74 bits per heavy atom. The van der Waals surface area contributed by atoms with E-state index in [2.05, 4.69) is 45.1 Å². The number of thiophene rings is 1. The van der Waals surface area contributed by atoms with E-state index in [0.717, 1.165) is 56.6 Å². The first kappa shape index (κ1) is 21.5. The first-order chi connectivity index (χ1) is 15.3. The summed E-state index contributed by atoms with van der Waals surface area (Å²) in [5.41, 5.74) is 2.12. The Morgan fingerprint density at radius 2 is 2.00 bits per heavy atom. The Labute approximate surface area is 187 Å². The van der Waals surface area contributed by atoms with Crippen molar-refractivity contribution in [3.05, 3.63) is 70.7 Å². The average molecular weight is 439 g/mol. The molecule has 2 N–H and O–H groups in total. The largest absolute Gasteiger partial charge is 0.379 e. The molecule has 1 saturated heterocycles. The molecule has 1 aliphatic heterocycles. The van der Waals surface area contributed by atoms with Gasteiger partial charge in [-0.25, -0.2) is 9.67 Å². The number of aromatic nitrogens is 2. The number of morpholine rings is 1. The van der Waals surface area contributed by atoms with Crippen molar-refractivity contribution in [3.63, 3.8) is 0 Å². The molecule has 0 amide bonds. The van der Waals surface area contributed by atoms with Crippen LogP contribution in [0.3, 0.4) is 0 Å². The monoisotopic (exact) mass is 438 g/mol. The van der Waals surface area contributed by atoms with Gasteiger partial charge in [0.05, 0.1) is 37.7 Å². The Morgan fingerprint density at radius 1 is 1.16 bits per heavy atom. The molecule has 1 atom stereocenters. The van der Waals surface area contributed by atoms with E-state index >= 15 is 0 Å². The van der Waals surface area contributed by atoms with Gasteiger partial charge in [0, 0.05) is 42.8 Å². The van der Waals surface area contributed by atoms with E-state index in [4.69, 9.17) is 9.73 Å². The quantitative estimate of drug-likeness (QED) is 0.418. The fraction of sp³-hybridized carbons (Fsp3) is 0.391. The molecule has 3 aromatic rings. The van der Waals surface area contributed by atoms with Crippen molar-refractivity contribution >= 4 is 17.3 Å². The summed E-state index contributed by atoms with van der Waals surface area (Å²) in [5.74, 6) is 0.824. The van der Waals surface area contributed by atoms with Crippen molar-refractivity contribution < 1.29 is 4.74 Å². The molecule has 164 valence electrons. The second-order valence-corrected chi connectivity index (χ2v) is 8.36. The van der Waals surface area contributed by atoms with Crippen LogP contribution in [0.15, 0.2) is 65.2 Å². The normalized spacial score (nSPS) is 16.2. The molecule has 8 heteroatoms. The number of nitrogens with one attached hydrogen (secondary N) is 2. The van der Waals surface area contributed by atoms with E-state index in [0.29, 0.717) is 12.6 Å². The number of nitrogens with zero attached hydrogens (tertiary/aromatic N) is 4. The third kappa shape index (κ3) is 5.94. The number of ether oxygens (including phenoxy) is 1. The minimum atomic E-state index is 0.314. The SMILES string of the molecule is CCNC(=NCc1cnn(-c2ccccc2)c1)NCC(c1cccs1)N1CCOCC1. The van der Waals surface area contributed by atoms with Gasteiger partial charge in [0.25, 0.3) is 0 Å². The Hall–Kier alpha value is -2.68. The van der Waals surface area contributed by atoms with Crippen LogP contribution in [0.1, 0.15) is 23.4 Å².